The topological polar surface area (TPSA) is 61.4 Å². The van der Waals surface area contributed by atoms with Gasteiger partial charge in [0.25, 0.3) is 0 Å². The highest BCUT2D eigenvalue weighted by Gasteiger charge is 2.22. The minimum Gasteiger partial charge on any atom is -0.309 e. The number of rotatable bonds is 6. The number of benzene rings is 9. The predicted octanol–water partition coefficient (Wildman–Crippen LogP) is 13.3. The van der Waals surface area contributed by atoms with Crippen molar-refractivity contribution in [1.82, 2.24) is 29.1 Å². The van der Waals surface area contributed by atoms with Crippen LogP contribution in [0.5, 0.6) is 0 Å². The van der Waals surface area contributed by atoms with E-state index in [-0.39, 0.29) is 0 Å². The maximum absolute atomic E-state index is 5.54. The zero-order valence-electron chi connectivity index (χ0n) is 32.3. The highest BCUT2D eigenvalue weighted by atomic mass is 15.1. The number of hydrogen-bond donors (Lipinski definition) is 0. The molecule has 3 aromatic heterocycles. The minimum atomic E-state index is 0.625. The highest BCUT2D eigenvalue weighted by Crippen LogP contribution is 2.43. The maximum Gasteiger partial charge on any atom is 0.164 e. The van der Waals surface area contributed by atoms with Gasteiger partial charge in [0.15, 0.2) is 17.5 Å². The molecule has 0 aliphatic carbocycles. The van der Waals surface area contributed by atoms with E-state index in [1.807, 2.05) is 60.7 Å². The van der Waals surface area contributed by atoms with E-state index < -0.39 is 0 Å². The zero-order chi connectivity index (χ0) is 39.6. The summed E-state index contributed by atoms with van der Waals surface area (Å²) < 4.78 is 4.71. The molecule has 0 fully saturated rings. The van der Waals surface area contributed by atoms with Gasteiger partial charge < -0.3 is 4.57 Å². The molecule has 0 aliphatic rings. The molecule has 0 atom stereocenters. The molecule has 12 aromatic rings. The summed E-state index contributed by atoms with van der Waals surface area (Å²) in [5.74, 6) is 2.82. The second-order valence-corrected chi connectivity index (χ2v) is 15.1. The predicted molar refractivity (Wildman–Crippen MR) is 246 cm³/mol. The average molecular weight is 767 g/mol. The quantitative estimate of drug-likeness (QED) is 0.158. The van der Waals surface area contributed by atoms with E-state index in [0.29, 0.717) is 17.5 Å². The van der Waals surface area contributed by atoms with Gasteiger partial charge in [-0.3, -0.25) is 4.57 Å². The summed E-state index contributed by atoms with van der Waals surface area (Å²) in [6.45, 7) is 0. The molecule has 9 aromatic carbocycles. The summed E-state index contributed by atoms with van der Waals surface area (Å²) >= 11 is 0. The van der Waals surface area contributed by atoms with Gasteiger partial charge in [-0.25, -0.2) is 19.9 Å². The van der Waals surface area contributed by atoms with E-state index in [0.717, 1.165) is 66.9 Å². The molecule has 12 rings (SSSR count). The third-order valence-corrected chi connectivity index (χ3v) is 11.5. The van der Waals surface area contributed by atoms with Gasteiger partial charge in [-0.05, 0) is 65.4 Å². The lowest BCUT2D eigenvalue weighted by Gasteiger charge is -2.13. The third-order valence-electron chi connectivity index (χ3n) is 11.5. The molecule has 0 amide bonds. The zero-order valence-corrected chi connectivity index (χ0v) is 32.3. The van der Waals surface area contributed by atoms with Crippen molar-refractivity contribution in [2.45, 2.75) is 0 Å². The van der Waals surface area contributed by atoms with Crippen molar-refractivity contribution in [2.75, 3.05) is 0 Å². The number of hydrogen-bond acceptors (Lipinski definition) is 4. The van der Waals surface area contributed by atoms with Crippen LogP contribution >= 0.6 is 0 Å². The van der Waals surface area contributed by atoms with Gasteiger partial charge in [0.2, 0.25) is 0 Å². The second-order valence-electron chi connectivity index (χ2n) is 15.1. The summed E-state index contributed by atoms with van der Waals surface area (Å²) in [6.07, 6.45) is 0. The molecular formula is C54H34N6. The highest BCUT2D eigenvalue weighted by molar-refractivity contribution is 6.28. The molecule has 60 heavy (non-hydrogen) atoms. The van der Waals surface area contributed by atoms with Crippen LogP contribution in [0.2, 0.25) is 0 Å². The van der Waals surface area contributed by atoms with Crippen molar-refractivity contribution in [2.24, 2.45) is 0 Å². The van der Waals surface area contributed by atoms with E-state index in [9.17, 15) is 0 Å². The first-order valence-corrected chi connectivity index (χ1v) is 20.2. The molecular weight excluding hydrogens is 733 g/mol. The van der Waals surface area contributed by atoms with Crippen LogP contribution in [0.15, 0.2) is 206 Å². The van der Waals surface area contributed by atoms with Crippen LogP contribution < -0.4 is 0 Å². The van der Waals surface area contributed by atoms with Gasteiger partial charge in [0.05, 0.1) is 22.1 Å². The Morgan fingerprint density at radius 1 is 0.283 bits per heavy atom. The Hall–Kier alpha value is -8.22. The number of para-hydroxylation sites is 2. The van der Waals surface area contributed by atoms with E-state index >= 15 is 0 Å². The Morgan fingerprint density at radius 3 is 1.38 bits per heavy atom. The fraction of sp³-hybridized carbons (Fsp3) is 0. The van der Waals surface area contributed by atoms with Gasteiger partial charge >= 0.3 is 0 Å². The Kier molecular flexibility index (Phi) is 7.74. The Balaban J connectivity index is 1.09. The molecule has 280 valence electrons. The summed E-state index contributed by atoms with van der Waals surface area (Å²) in [5.41, 5.74) is 10.3. The standard InChI is InChI=1S/C54H34N6/c1-5-17-35(18-6-1)51-56-52(36-19-7-2-8-20-36)58-53(57-51)37-29-31-40(32-30-37)59-47-28-16-15-26-42(47)45-33-44-41-25-13-14-27-43(41)50-49(46(44)34-48(45)59)55-54(38-21-9-3-10-22-38)60(50)39-23-11-4-12-24-39/h1-34H. The third kappa shape index (κ3) is 5.42. The van der Waals surface area contributed by atoms with Crippen LogP contribution in [0.4, 0.5) is 0 Å². The average Bonchev–Trinajstić information content (AvgIpc) is 3.89. The number of nitrogens with zero attached hydrogens (tertiary/aromatic N) is 6. The largest absolute Gasteiger partial charge is 0.309 e. The summed E-state index contributed by atoms with van der Waals surface area (Å²) in [4.78, 5) is 20.4. The van der Waals surface area contributed by atoms with E-state index in [2.05, 4.69) is 155 Å². The molecule has 0 N–H and O–H groups in total. The monoisotopic (exact) mass is 766 g/mol. The van der Waals surface area contributed by atoms with Crippen LogP contribution in [0.1, 0.15) is 0 Å². The number of aromatic nitrogens is 6. The molecule has 0 saturated carbocycles. The van der Waals surface area contributed by atoms with Gasteiger partial charge in [-0.2, -0.15) is 0 Å². The van der Waals surface area contributed by atoms with E-state index in [1.54, 1.807) is 0 Å². The van der Waals surface area contributed by atoms with Crippen molar-refractivity contribution >= 4 is 54.4 Å². The lowest BCUT2D eigenvalue weighted by molar-refractivity contribution is 1.07. The van der Waals surface area contributed by atoms with Gasteiger partial charge in [0, 0.05) is 55.2 Å². The van der Waals surface area contributed by atoms with Crippen LogP contribution in [0.3, 0.4) is 0 Å². The van der Waals surface area contributed by atoms with Crippen LogP contribution in [0, 0.1) is 0 Å². The molecule has 0 unspecified atom stereocenters. The lowest BCUT2D eigenvalue weighted by atomic mass is 9.97. The van der Waals surface area contributed by atoms with E-state index in [4.69, 9.17) is 19.9 Å². The summed E-state index contributed by atoms with van der Waals surface area (Å²) in [7, 11) is 0. The van der Waals surface area contributed by atoms with Crippen LogP contribution in [-0.2, 0) is 0 Å². The Labute approximate surface area is 345 Å². The smallest absolute Gasteiger partial charge is 0.164 e. The molecule has 0 spiro atoms. The van der Waals surface area contributed by atoms with Gasteiger partial charge in [0.1, 0.15) is 5.82 Å². The van der Waals surface area contributed by atoms with Crippen molar-refractivity contribution in [1.29, 1.82) is 0 Å². The lowest BCUT2D eigenvalue weighted by Crippen LogP contribution is -2.00. The number of imidazole rings is 1. The Bertz CT molecular complexity index is 3500. The maximum atomic E-state index is 5.54. The molecule has 6 heteroatoms. The van der Waals surface area contributed by atoms with Crippen molar-refractivity contribution in [3.05, 3.63) is 206 Å². The van der Waals surface area contributed by atoms with Crippen molar-refractivity contribution < 1.29 is 0 Å². The fourth-order valence-corrected chi connectivity index (χ4v) is 8.80. The second kappa shape index (κ2) is 13.7. The SMILES string of the molecule is c1ccc(-c2nc(-c3ccccc3)nc(-c3ccc(-n4c5ccccc5c5cc6c7ccccc7c7c(nc(-c8ccccc8)n7-c7ccccc7)c6cc54)cc3)n2)cc1. The molecule has 0 bridgehead atoms. The summed E-state index contributed by atoms with van der Waals surface area (Å²) in [5, 5.41) is 7.04. The minimum absolute atomic E-state index is 0.625. The van der Waals surface area contributed by atoms with Gasteiger partial charge in [-0.1, -0.05) is 152 Å². The molecule has 6 nitrogen and oxygen atoms in total. The fourth-order valence-electron chi connectivity index (χ4n) is 8.80. The summed E-state index contributed by atoms with van der Waals surface area (Å²) in [6, 6.07) is 72.1. The normalized spacial score (nSPS) is 11.7. The molecule has 0 aliphatic heterocycles. The molecule has 0 radical (unpaired) electrons. The first-order valence-electron chi connectivity index (χ1n) is 20.2. The first kappa shape index (κ1) is 33.9. The van der Waals surface area contributed by atoms with Crippen molar-refractivity contribution in [3.63, 3.8) is 0 Å². The van der Waals surface area contributed by atoms with Crippen molar-refractivity contribution in [3.8, 4) is 56.9 Å². The molecule has 0 saturated heterocycles. The number of fused-ring (bicyclic) bond motifs is 9. The van der Waals surface area contributed by atoms with E-state index in [1.165, 1.54) is 26.9 Å². The van der Waals surface area contributed by atoms with Crippen LogP contribution in [-0.4, -0.2) is 29.1 Å². The van der Waals surface area contributed by atoms with Crippen LogP contribution in [0.25, 0.3) is 111 Å². The Morgan fingerprint density at radius 2 is 0.767 bits per heavy atom. The molecule has 3 heterocycles. The van der Waals surface area contributed by atoms with Gasteiger partial charge in [-0.15, -0.1) is 0 Å². The first-order chi connectivity index (χ1) is 29.8.